The molecule has 0 nitrogen and oxygen atoms in total. The van der Waals surface area contributed by atoms with Crippen molar-refractivity contribution in [1.29, 1.82) is 0 Å². The molecule has 0 radical (unpaired) electrons. The monoisotopic (exact) mass is 1350 g/mol. The minimum Gasteiger partial charge on any atom is -0.145 e. The van der Waals surface area contributed by atoms with Crippen LogP contribution >= 0.6 is 77.2 Å². The van der Waals surface area contributed by atoms with Gasteiger partial charge in [-0.2, -0.15) is 0 Å². The molecular weight excluding hydrogens is 1230 g/mol. The number of rotatable bonds is 46. The third-order valence-corrected chi connectivity index (χ3v) is 31.3. The summed E-state index contributed by atoms with van der Waals surface area (Å²) in [6.07, 6.45) is 61.4. The normalized spacial score (nSPS) is 12.3. The Morgan fingerprint density at radius 2 is 0.439 bits per heavy atom. The number of aryl methyl sites for hydroxylation is 4. The lowest BCUT2D eigenvalue weighted by Crippen LogP contribution is -2.37. The molecule has 0 bridgehead atoms. The van der Waals surface area contributed by atoms with E-state index in [0.717, 1.165) is 0 Å². The summed E-state index contributed by atoms with van der Waals surface area (Å²) in [6, 6.07) is 10.3. The first-order chi connectivity index (χ1) is 39.7. The fraction of sp³-hybridized carbons (Fsp3) is 0.730. The minimum absolute atomic E-state index is 1.21. The molecule has 0 N–H and O–H groups in total. The zero-order valence-corrected chi connectivity index (χ0v) is 63.2. The van der Waals surface area contributed by atoms with E-state index in [4.69, 9.17) is 0 Å². The molecule has 0 atom stereocenters. The van der Waals surface area contributed by atoms with Gasteiger partial charge in [0.15, 0.2) is 0 Å². The topological polar surface area (TPSA) is 0 Å². The van der Waals surface area contributed by atoms with Crippen LogP contribution in [0.1, 0.15) is 307 Å². The van der Waals surface area contributed by atoms with Crippen LogP contribution in [0.4, 0.5) is 0 Å². The Bertz CT molecular complexity index is 2450. The predicted molar refractivity (Wildman–Crippen MR) is 398 cm³/mol. The van der Waals surface area contributed by atoms with E-state index in [-0.39, 0.29) is 0 Å². The van der Waals surface area contributed by atoms with Gasteiger partial charge in [0.2, 0.25) is 0 Å². The van der Waals surface area contributed by atoms with E-state index in [1.165, 1.54) is 310 Å². The van der Waals surface area contributed by atoms with Crippen LogP contribution in [0.2, 0.25) is 39.3 Å². The lowest BCUT2D eigenvalue weighted by atomic mass is 10.0. The van der Waals surface area contributed by atoms with E-state index in [1.807, 2.05) is 22.7 Å². The molecule has 6 rings (SSSR count). The predicted octanol–water partition coefficient (Wildman–Crippen LogP) is 28.7. The summed E-state index contributed by atoms with van der Waals surface area (Å²) in [5.41, 5.74) is 6.58. The smallest absolute Gasteiger partial charge is 0.0908 e. The average molecular weight is 1360 g/mol. The van der Waals surface area contributed by atoms with Crippen LogP contribution in [0.25, 0.3) is 40.3 Å². The standard InChI is InChI=1S/C40H70S2Si2.C34H52Br2S2/c1-9-11-13-15-17-19-21-23-25-27-29-33-35-31-38-36(32-37(35)41-39(33)43(3,4)5)34(40(42-38)44(6,7)8)30-28-26-24-22-20-18-16-14-12-10-2;1-3-5-7-9-11-13-15-17-19-21-23-27-29-25-32-30(26-31(29)37-33(27)35)28(34(36)38-32)24-22-20-18-16-14-12-10-8-6-4-2/h31-32H,9-30H2,1-8H3;25-26H,3-24H2,1-2H3. The van der Waals surface area contributed by atoms with Crippen molar-refractivity contribution >= 4 is 143 Å². The Balaban J connectivity index is 0.000000304. The van der Waals surface area contributed by atoms with Crippen molar-refractivity contribution < 1.29 is 0 Å². The molecule has 0 saturated carbocycles. The van der Waals surface area contributed by atoms with Crippen molar-refractivity contribution in [2.24, 2.45) is 0 Å². The first-order valence-corrected chi connectivity index (χ1v) is 46.9. The van der Waals surface area contributed by atoms with Gasteiger partial charge in [0.25, 0.3) is 0 Å². The van der Waals surface area contributed by atoms with E-state index < -0.39 is 16.1 Å². The highest BCUT2D eigenvalue weighted by Crippen LogP contribution is 2.44. The van der Waals surface area contributed by atoms with E-state index >= 15 is 0 Å². The molecule has 464 valence electrons. The first kappa shape index (κ1) is 72.4. The number of halogens is 2. The zero-order chi connectivity index (χ0) is 59.0. The van der Waals surface area contributed by atoms with Gasteiger partial charge in [0.05, 0.1) is 23.7 Å². The lowest BCUT2D eigenvalue weighted by molar-refractivity contribution is 0.556. The summed E-state index contributed by atoms with van der Waals surface area (Å²) in [7, 11) is -2.77. The van der Waals surface area contributed by atoms with E-state index in [1.54, 1.807) is 51.4 Å². The van der Waals surface area contributed by atoms with Gasteiger partial charge in [-0.3, -0.25) is 0 Å². The van der Waals surface area contributed by atoms with Gasteiger partial charge >= 0.3 is 0 Å². The highest BCUT2D eigenvalue weighted by molar-refractivity contribution is 9.11. The van der Waals surface area contributed by atoms with Crippen LogP contribution in [0.3, 0.4) is 0 Å². The molecule has 0 amide bonds. The van der Waals surface area contributed by atoms with Crippen LogP contribution in [-0.2, 0) is 25.7 Å². The summed E-state index contributed by atoms with van der Waals surface area (Å²) in [6.45, 7) is 24.7. The summed E-state index contributed by atoms with van der Waals surface area (Å²) >= 11 is 16.1. The molecule has 2 aromatic carbocycles. The molecule has 0 fully saturated rings. The van der Waals surface area contributed by atoms with Crippen molar-refractivity contribution in [1.82, 2.24) is 0 Å². The number of hydrogen-bond donors (Lipinski definition) is 0. The fourth-order valence-electron chi connectivity index (χ4n) is 12.8. The van der Waals surface area contributed by atoms with Gasteiger partial charge in [-0.15, -0.1) is 45.3 Å². The van der Waals surface area contributed by atoms with Crippen LogP contribution in [0.15, 0.2) is 31.8 Å². The molecule has 6 aromatic rings. The van der Waals surface area contributed by atoms with Gasteiger partial charge in [0.1, 0.15) is 0 Å². The molecule has 0 saturated heterocycles. The third kappa shape index (κ3) is 25.3. The first-order valence-electron chi connectivity index (χ1n) is 35.1. The van der Waals surface area contributed by atoms with E-state index in [0.29, 0.717) is 0 Å². The molecule has 0 spiro atoms. The maximum atomic E-state index is 3.93. The zero-order valence-electron chi connectivity index (χ0n) is 54.8. The Morgan fingerprint density at radius 1 is 0.256 bits per heavy atom. The van der Waals surface area contributed by atoms with Crippen LogP contribution in [0.5, 0.6) is 0 Å². The number of fused-ring (bicyclic) bond motifs is 4. The second-order valence-corrected chi connectivity index (χ2v) is 45.0. The SMILES string of the molecule is CCCCCCCCCCCCc1c(Br)sc2cc3c(CCCCCCCCCCCC)c(Br)sc3cc12.CCCCCCCCCCCCc1c([Si](C)(C)C)sc2cc3c(CCCCCCCCCCCC)c([Si](C)(C)C)sc3cc12. The number of hydrogen-bond acceptors (Lipinski definition) is 4. The Hall–Kier alpha value is -0.326. The number of unbranched alkanes of at least 4 members (excludes halogenated alkanes) is 36. The van der Waals surface area contributed by atoms with Crippen LogP contribution in [-0.4, -0.2) is 16.1 Å². The summed E-state index contributed by atoms with van der Waals surface area (Å²) in [4.78, 5) is 0. The van der Waals surface area contributed by atoms with E-state index in [9.17, 15) is 0 Å². The van der Waals surface area contributed by atoms with Crippen molar-refractivity contribution in [3.8, 4) is 0 Å². The van der Waals surface area contributed by atoms with Crippen molar-refractivity contribution in [2.75, 3.05) is 0 Å². The van der Waals surface area contributed by atoms with Crippen LogP contribution < -0.4 is 9.00 Å². The average Bonchev–Trinajstić information content (AvgIpc) is 3.96. The molecule has 4 aromatic heterocycles. The maximum absolute atomic E-state index is 3.93. The van der Waals surface area contributed by atoms with Gasteiger partial charge in [-0.25, -0.2) is 0 Å². The molecule has 0 aliphatic heterocycles. The van der Waals surface area contributed by atoms with Gasteiger partial charge < -0.3 is 0 Å². The Morgan fingerprint density at radius 3 is 0.659 bits per heavy atom. The van der Waals surface area contributed by atoms with Crippen molar-refractivity contribution in [3.63, 3.8) is 0 Å². The van der Waals surface area contributed by atoms with E-state index in [2.05, 4.69) is 146 Å². The lowest BCUT2D eigenvalue weighted by Gasteiger charge is -2.17. The number of benzene rings is 2. The summed E-state index contributed by atoms with van der Waals surface area (Å²) in [5.74, 6) is 0. The second kappa shape index (κ2) is 41.1. The van der Waals surface area contributed by atoms with Crippen LogP contribution in [0, 0.1) is 0 Å². The molecule has 4 heterocycles. The molecule has 8 heteroatoms. The summed E-state index contributed by atoms with van der Waals surface area (Å²) in [5, 5.41) is 6.21. The largest absolute Gasteiger partial charge is 0.145 e. The molecule has 0 aliphatic carbocycles. The highest BCUT2D eigenvalue weighted by Gasteiger charge is 2.28. The molecule has 82 heavy (non-hydrogen) atoms. The quantitative estimate of drug-likeness (QED) is 0.0264. The summed E-state index contributed by atoms with van der Waals surface area (Å²) < 4.78 is 12.4. The van der Waals surface area contributed by atoms with Crippen molar-refractivity contribution in [3.05, 3.63) is 54.1 Å². The Labute approximate surface area is 541 Å². The minimum atomic E-state index is -1.39. The van der Waals surface area contributed by atoms with Gasteiger partial charge in [-0.05, 0) is 160 Å². The highest BCUT2D eigenvalue weighted by atomic mass is 79.9. The molecule has 0 unspecified atom stereocenters. The fourth-order valence-corrected chi connectivity index (χ4v) is 24.2. The Kier molecular flexibility index (Phi) is 36.3. The maximum Gasteiger partial charge on any atom is 0.0908 e. The van der Waals surface area contributed by atoms with Crippen molar-refractivity contribution in [2.45, 2.75) is 349 Å². The van der Waals surface area contributed by atoms with Gasteiger partial charge in [-0.1, -0.05) is 298 Å². The number of thiophene rings is 4. The third-order valence-electron chi connectivity index (χ3n) is 17.8. The molecular formula is C74H122Br2S4Si2. The second-order valence-electron chi connectivity index (χ2n) is 27.4. The molecule has 0 aliphatic rings. The van der Waals surface area contributed by atoms with Gasteiger partial charge in [0, 0.05) is 18.8 Å².